The summed E-state index contributed by atoms with van der Waals surface area (Å²) in [4.78, 5) is 19.5. The molecule has 1 saturated heterocycles. The summed E-state index contributed by atoms with van der Waals surface area (Å²) in [6, 6.07) is 7.86. The number of aliphatic hydroxyl groups excluding tert-OH is 1. The van der Waals surface area contributed by atoms with Gasteiger partial charge in [0.1, 0.15) is 5.82 Å². The third kappa shape index (κ3) is 2.91. The maximum absolute atomic E-state index is 12.4. The van der Waals surface area contributed by atoms with Gasteiger partial charge >= 0.3 is 0 Å². The second-order valence-electron chi connectivity index (χ2n) is 6.26. The van der Waals surface area contributed by atoms with Crippen molar-refractivity contribution in [3.05, 3.63) is 40.4 Å². The van der Waals surface area contributed by atoms with Gasteiger partial charge < -0.3 is 5.11 Å². The fraction of sp³-hybridized carbons (Fsp3) is 0.529. The minimum absolute atomic E-state index is 0.00636. The highest BCUT2D eigenvalue weighted by Gasteiger charge is 2.26. The highest BCUT2D eigenvalue weighted by Crippen LogP contribution is 2.23. The molecule has 0 amide bonds. The van der Waals surface area contributed by atoms with Crippen molar-refractivity contribution in [1.29, 1.82) is 0 Å². The Balaban J connectivity index is 1.90. The SMILES string of the molecule is CC(O)CC1CCCN1Cc1nc2ccccc2c(=O)n1C. The summed E-state index contributed by atoms with van der Waals surface area (Å²) in [5.41, 5.74) is 0.763. The lowest BCUT2D eigenvalue weighted by molar-refractivity contribution is 0.129. The first kappa shape index (κ1) is 15.2. The molecular weight excluding hydrogens is 278 g/mol. The van der Waals surface area contributed by atoms with Crippen LogP contribution in [0.4, 0.5) is 0 Å². The topological polar surface area (TPSA) is 58.4 Å². The number of para-hydroxylation sites is 1. The molecule has 0 aliphatic carbocycles. The smallest absolute Gasteiger partial charge is 0.261 e. The number of rotatable bonds is 4. The van der Waals surface area contributed by atoms with E-state index in [0.29, 0.717) is 18.0 Å². The Morgan fingerprint density at radius 1 is 1.41 bits per heavy atom. The maximum Gasteiger partial charge on any atom is 0.261 e. The van der Waals surface area contributed by atoms with Gasteiger partial charge in [0.2, 0.25) is 0 Å². The van der Waals surface area contributed by atoms with Crippen molar-refractivity contribution in [1.82, 2.24) is 14.5 Å². The normalized spacial score (nSPS) is 20.6. The van der Waals surface area contributed by atoms with Crippen LogP contribution in [0.1, 0.15) is 32.0 Å². The molecular formula is C17H23N3O2. The molecule has 2 aromatic rings. The summed E-state index contributed by atoms with van der Waals surface area (Å²) in [5.74, 6) is 0.793. The molecule has 0 bridgehead atoms. The number of hydrogen-bond acceptors (Lipinski definition) is 4. The lowest BCUT2D eigenvalue weighted by Crippen LogP contribution is -2.34. The van der Waals surface area contributed by atoms with Crippen molar-refractivity contribution in [2.24, 2.45) is 7.05 Å². The molecule has 1 N–H and O–H groups in total. The first-order chi connectivity index (χ1) is 10.6. The molecule has 1 aliphatic rings. The summed E-state index contributed by atoms with van der Waals surface area (Å²) in [6.07, 6.45) is 2.73. The molecule has 0 radical (unpaired) electrons. The van der Waals surface area contributed by atoms with E-state index in [-0.39, 0.29) is 11.7 Å². The van der Waals surface area contributed by atoms with Gasteiger partial charge in [-0.15, -0.1) is 0 Å². The van der Waals surface area contributed by atoms with E-state index in [9.17, 15) is 9.90 Å². The first-order valence-corrected chi connectivity index (χ1v) is 7.93. The number of likely N-dealkylation sites (tertiary alicyclic amines) is 1. The summed E-state index contributed by atoms with van der Waals surface area (Å²) in [7, 11) is 1.79. The van der Waals surface area contributed by atoms with Crippen LogP contribution < -0.4 is 5.56 Å². The van der Waals surface area contributed by atoms with Crippen LogP contribution in [-0.2, 0) is 13.6 Å². The molecule has 5 heteroatoms. The number of aliphatic hydroxyl groups is 1. The Bertz CT molecular complexity index is 723. The van der Waals surface area contributed by atoms with E-state index in [4.69, 9.17) is 0 Å². The van der Waals surface area contributed by atoms with Crippen LogP contribution in [0.15, 0.2) is 29.1 Å². The van der Waals surface area contributed by atoms with Gasteiger partial charge in [0.05, 0.1) is 23.6 Å². The third-order valence-corrected chi connectivity index (χ3v) is 4.53. The molecule has 1 fully saturated rings. The van der Waals surface area contributed by atoms with Gasteiger partial charge in [-0.2, -0.15) is 0 Å². The average Bonchev–Trinajstić information content (AvgIpc) is 2.91. The predicted octanol–water partition coefficient (Wildman–Crippen LogP) is 1.67. The molecule has 118 valence electrons. The quantitative estimate of drug-likeness (QED) is 0.933. The van der Waals surface area contributed by atoms with Gasteiger partial charge in [0, 0.05) is 13.1 Å². The Morgan fingerprint density at radius 3 is 2.95 bits per heavy atom. The molecule has 5 nitrogen and oxygen atoms in total. The van der Waals surface area contributed by atoms with Crippen molar-refractivity contribution in [3.63, 3.8) is 0 Å². The van der Waals surface area contributed by atoms with Gasteiger partial charge in [-0.3, -0.25) is 14.3 Å². The summed E-state index contributed by atoms with van der Waals surface area (Å²) in [5, 5.41) is 10.3. The van der Waals surface area contributed by atoms with E-state index < -0.39 is 0 Å². The van der Waals surface area contributed by atoms with Crippen LogP contribution >= 0.6 is 0 Å². The molecule has 3 rings (SSSR count). The number of nitrogens with zero attached hydrogens (tertiary/aromatic N) is 3. The Kier molecular flexibility index (Phi) is 4.27. The fourth-order valence-corrected chi connectivity index (χ4v) is 3.35. The summed E-state index contributed by atoms with van der Waals surface area (Å²) >= 11 is 0. The second kappa shape index (κ2) is 6.18. The largest absolute Gasteiger partial charge is 0.393 e. The number of fused-ring (bicyclic) bond motifs is 1. The maximum atomic E-state index is 12.4. The number of aromatic nitrogens is 2. The molecule has 1 aromatic carbocycles. The zero-order valence-corrected chi connectivity index (χ0v) is 13.2. The van der Waals surface area contributed by atoms with Gasteiger partial charge in [-0.1, -0.05) is 12.1 Å². The van der Waals surface area contributed by atoms with E-state index in [1.165, 1.54) is 0 Å². The Morgan fingerprint density at radius 2 is 2.18 bits per heavy atom. The number of benzene rings is 1. The van der Waals surface area contributed by atoms with E-state index >= 15 is 0 Å². The van der Waals surface area contributed by atoms with Crippen molar-refractivity contribution in [2.75, 3.05) is 6.54 Å². The van der Waals surface area contributed by atoms with Crippen LogP contribution in [0.25, 0.3) is 10.9 Å². The van der Waals surface area contributed by atoms with E-state index in [2.05, 4.69) is 9.88 Å². The molecule has 2 unspecified atom stereocenters. The highest BCUT2D eigenvalue weighted by molar-refractivity contribution is 5.77. The fourth-order valence-electron chi connectivity index (χ4n) is 3.35. The first-order valence-electron chi connectivity index (χ1n) is 7.93. The standard InChI is InChI=1S/C17H23N3O2/c1-12(21)10-13-6-5-9-20(13)11-16-18-15-8-4-3-7-14(15)17(22)19(16)2/h3-4,7-8,12-13,21H,5-6,9-11H2,1-2H3. The lowest BCUT2D eigenvalue weighted by atomic mass is 10.1. The molecule has 22 heavy (non-hydrogen) atoms. The van der Waals surface area contributed by atoms with E-state index in [1.807, 2.05) is 31.2 Å². The van der Waals surface area contributed by atoms with Crippen molar-refractivity contribution in [3.8, 4) is 0 Å². The predicted molar refractivity (Wildman–Crippen MR) is 86.7 cm³/mol. The van der Waals surface area contributed by atoms with Crippen LogP contribution in [0.3, 0.4) is 0 Å². The lowest BCUT2D eigenvalue weighted by Gasteiger charge is -2.25. The average molecular weight is 301 g/mol. The summed E-state index contributed by atoms with van der Waals surface area (Å²) < 4.78 is 1.65. The monoisotopic (exact) mass is 301 g/mol. The molecule has 0 saturated carbocycles. The van der Waals surface area contributed by atoms with Gasteiger partial charge in [-0.05, 0) is 44.9 Å². The van der Waals surface area contributed by atoms with E-state index in [1.54, 1.807) is 11.6 Å². The van der Waals surface area contributed by atoms with Crippen molar-refractivity contribution >= 4 is 10.9 Å². The minimum atomic E-state index is -0.293. The summed E-state index contributed by atoms with van der Waals surface area (Å²) in [6.45, 7) is 3.49. The molecule has 1 aliphatic heterocycles. The van der Waals surface area contributed by atoms with Crippen LogP contribution in [-0.4, -0.2) is 38.2 Å². The third-order valence-electron chi connectivity index (χ3n) is 4.53. The zero-order valence-electron chi connectivity index (χ0n) is 13.2. The Labute approximate surface area is 130 Å². The second-order valence-corrected chi connectivity index (χ2v) is 6.26. The van der Waals surface area contributed by atoms with E-state index in [0.717, 1.165) is 37.1 Å². The number of hydrogen-bond donors (Lipinski definition) is 1. The van der Waals surface area contributed by atoms with Gasteiger partial charge in [-0.25, -0.2) is 4.98 Å². The van der Waals surface area contributed by atoms with Gasteiger partial charge in [0.25, 0.3) is 5.56 Å². The molecule has 0 spiro atoms. The minimum Gasteiger partial charge on any atom is -0.393 e. The van der Waals surface area contributed by atoms with Crippen molar-refractivity contribution in [2.45, 2.75) is 44.9 Å². The molecule has 2 heterocycles. The molecule has 1 aromatic heterocycles. The van der Waals surface area contributed by atoms with Crippen LogP contribution in [0.5, 0.6) is 0 Å². The zero-order chi connectivity index (χ0) is 15.7. The van der Waals surface area contributed by atoms with Gasteiger partial charge in [0.15, 0.2) is 0 Å². The highest BCUT2D eigenvalue weighted by atomic mass is 16.3. The Hall–Kier alpha value is -1.72. The van der Waals surface area contributed by atoms with Crippen LogP contribution in [0.2, 0.25) is 0 Å². The van der Waals surface area contributed by atoms with Crippen molar-refractivity contribution < 1.29 is 5.11 Å². The molecule has 2 atom stereocenters. The van der Waals surface area contributed by atoms with Crippen LogP contribution in [0, 0.1) is 0 Å².